The van der Waals surface area contributed by atoms with Crippen LogP contribution < -0.4 is 5.32 Å². The van der Waals surface area contributed by atoms with Crippen molar-refractivity contribution in [1.29, 1.82) is 0 Å². The number of hydrogen-bond acceptors (Lipinski definition) is 2. The maximum atomic E-state index is 3.77. The topological polar surface area (TPSA) is 15.3 Å². The molecule has 2 nitrogen and oxygen atoms in total. The van der Waals surface area contributed by atoms with Gasteiger partial charge < -0.3 is 5.32 Å². The van der Waals surface area contributed by atoms with Crippen molar-refractivity contribution in [2.75, 3.05) is 13.1 Å². The third-order valence-corrected chi connectivity index (χ3v) is 4.64. The van der Waals surface area contributed by atoms with E-state index in [0.29, 0.717) is 6.04 Å². The molecule has 2 heteroatoms. The molecule has 0 amide bonds. The molecule has 0 radical (unpaired) electrons. The minimum absolute atomic E-state index is 0.680. The van der Waals surface area contributed by atoms with Gasteiger partial charge in [0.15, 0.2) is 0 Å². The molecule has 2 fully saturated rings. The fourth-order valence-corrected chi connectivity index (χ4v) is 3.28. The number of rotatable bonds is 5. The van der Waals surface area contributed by atoms with E-state index in [1.54, 1.807) is 0 Å². The minimum Gasteiger partial charge on any atom is -0.309 e. The number of hydrogen-bond donors (Lipinski definition) is 1. The minimum atomic E-state index is 0.680. The van der Waals surface area contributed by atoms with E-state index in [1.807, 2.05) is 0 Å². The molecular weight excluding hydrogens is 232 g/mol. The Balaban J connectivity index is 1.54. The number of benzene rings is 1. The fourth-order valence-electron chi connectivity index (χ4n) is 3.28. The third-order valence-electron chi connectivity index (χ3n) is 4.64. The lowest BCUT2D eigenvalue weighted by Crippen LogP contribution is -2.49. The summed E-state index contributed by atoms with van der Waals surface area (Å²) in [4.78, 5) is 2.74. The van der Waals surface area contributed by atoms with Crippen LogP contribution in [-0.4, -0.2) is 30.1 Å². The summed E-state index contributed by atoms with van der Waals surface area (Å²) in [5.41, 5.74) is 1.40. The number of likely N-dealkylation sites (tertiary alicyclic amines) is 1. The van der Waals surface area contributed by atoms with E-state index in [-0.39, 0.29) is 0 Å². The van der Waals surface area contributed by atoms with Gasteiger partial charge in [0.2, 0.25) is 0 Å². The van der Waals surface area contributed by atoms with Crippen molar-refractivity contribution in [2.24, 2.45) is 5.92 Å². The van der Waals surface area contributed by atoms with Crippen LogP contribution in [0.5, 0.6) is 0 Å². The van der Waals surface area contributed by atoms with Crippen LogP contribution >= 0.6 is 0 Å². The van der Waals surface area contributed by atoms with Crippen LogP contribution in [0.15, 0.2) is 30.3 Å². The van der Waals surface area contributed by atoms with Gasteiger partial charge in [0.1, 0.15) is 0 Å². The molecule has 1 N–H and O–H groups in total. The molecule has 2 unspecified atom stereocenters. The van der Waals surface area contributed by atoms with Crippen molar-refractivity contribution in [3.63, 3.8) is 0 Å². The first-order valence-electron chi connectivity index (χ1n) is 7.86. The van der Waals surface area contributed by atoms with Crippen molar-refractivity contribution in [2.45, 2.75) is 51.2 Å². The Labute approximate surface area is 117 Å². The van der Waals surface area contributed by atoms with Crippen LogP contribution in [0.3, 0.4) is 0 Å². The summed E-state index contributed by atoms with van der Waals surface area (Å²) in [6.07, 6.45) is 5.54. The quantitative estimate of drug-likeness (QED) is 0.873. The lowest BCUT2D eigenvalue weighted by atomic mass is 9.92. The van der Waals surface area contributed by atoms with E-state index in [4.69, 9.17) is 0 Å². The van der Waals surface area contributed by atoms with Crippen molar-refractivity contribution in [3.05, 3.63) is 35.9 Å². The van der Waals surface area contributed by atoms with Crippen LogP contribution in [0.25, 0.3) is 0 Å². The molecule has 0 bridgehead atoms. The summed E-state index contributed by atoms with van der Waals surface area (Å²) in [5, 5.41) is 3.77. The second-order valence-electron chi connectivity index (χ2n) is 6.26. The van der Waals surface area contributed by atoms with E-state index in [1.165, 1.54) is 44.3 Å². The molecule has 2 aliphatic rings. The van der Waals surface area contributed by atoms with Crippen molar-refractivity contribution >= 4 is 0 Å². The predicted octanol–water partition coefficient (Wildman–Crippen LogP) is 3.04. The normalized spacial score (nSPS) is 28.5. The number of nitrogens with one attached hydrogen (secondary N) is 1. The average Bonchev–Trinajstić information content (AvgIpc) is 3.30. The Morgan fingerprint density at radius 3 is 2.63 bits per heavy atom. The smallest absolute Gasteiger partial charge is 0.0208 e. The number of nitrogens with zero attached hydrogens (tertiary/aromatic N) is 1. The van der Waals surface area contributed by atoms with Crippen LogP contribution in [0.2, 0.25) is 0 Å². The van der Waals surface area contributed by atoms with Gasteiger partial charge in [0.05, 0.1) is 0 Å². The SMILES string of the molecule is CCC1CC(NCc2ccccc2)CN(C2CC2)C1. The first kappa shape index (κ1) is 13.1. The van der Waals surface area contributed by atoms with Gasteiger partial charge in [-0.2, -0.15) is 0 Å². The van der Waals surface area contributed by atoms with Crippen LogP contribution in [0, 0.1) is 5.92 Å². The van der Waals surface area contributed by atoms with Gasteiger partial charge >= 0.3 is 0 Å². The summed E-state index contributed by atoms with van der Waals surface area (Å²) in [7, 11) is 0. The second kappa shape index (κ2) is 6.06. The molecule has 1 aliphatic carbocycles. The first-order chi connectivity index (χ1) is 9.35. The van der Waals surface area contributed by atoms with Crippen molar-refractivity contribution < 1.29 is 0 Å². The predicted molar refractivity (Wildman–Crippen MR) is 80.1 cm³/mol. The van der Waals surface area contributed by atoms with Crippen LogP contribution in [0.4, 0.5) is 0 Å². The van der Waals surface area contributed by atoms with Crippen molar-refractivity contribution in [3.8, 4) is 0 Å². The van der Waals surface area contributed by atoms with Crippen LogP contribution in [0.1, 0.15) is 38.2 Å². The summed E-state index contributed by atoms with van der Waals surface area (Å²) in [5.74, 6) is 0.891. The Hall–Kier alpha value is -0.860. The van der Waals surface area contributed by atoms with Crippen LogP contribution in [-0.2, 0) is 6.54 Å². The summed E-state index contributed by atoms with van der Waals surface area (Å²) >= 11 is 0. The Kier molecular flexibility index (Phi) is 4.19. The Morgan fingerprint density at radius 2 is 1.95 bits per heavy atom. The average molecular weight is 258 g/mol. The molecule has 104 valence electrons. The van der Waals surface area contributed by atoms with E-state index >= 15 is 0 Å². The van der Waals surface area contributed by atoms with Gasteiger partial charge in [-0.3, -0.25) is 4.90 Å². The fraction of sp³-hybridized carbons (Fsp3) is 0.647. The lowest BCUT2D eigenvalue weighted by molar-refractivity contribution is 0.130. The molecule has 0 aromatic heterocycles. The molecule has 2 atom stereocenters. The van der Waals surface area contributed by atoms with E-state index in [0.717, 1.165) is 18.5 Å². The maximum Gasteiger partial charge on any atom is 0.0208 e. The first-order valence-corrected chi connectivity index (χ1v) is 7.86. The standard InChI is InChI=1S/C17H26N2/c1-2-14-10-16(13-19(12-14)17-8-9-17)18-11-15-6-4-3-5-7-15/h3-7,14,16-18H,2,8-13H2,1H3. The summed E-state index contributed by atoms with van der Waals surface area (Å²) in [6, 6.07) is 12.4. The highest BCUT2D eigenvalue weighted by Crippen LogP contribution is 2.31. The van der Waals surface area contributed by atoms with Gasteiger partial charge in [-0.15, -0.1) is 0 Å². The molecule has 1 saturated heterocycles. The largest absolute Gasteiger partial charge is 0.309 e. The molecule has 1 heterocycles. The van der Waals surface area contributed by atoms with Crippen molar-refractivity contribution in [1.82, 2.24) is 10.2 Å². The third kappa shape index (κ3) is 3.58. The van der Waals surface area contributed by atoms with Gasteiger partial charge in [-0.1, -0.05) is 43.7 Å². The highest BCUT2D eigenvalue weighted by molar-refractivity contribution is 5.14. The second-order valence-corrected chi connectivity index (χ2v) is 6.26. The number of piperidine rings is 1. The van der Waals surface area contributed by atoms with Gasteiger partial charge in [-0.25, -0.2) is 0 Å². The highest BCUT2D eigenvalue weighted by Gasteiger charge is 2.35. The van der Waals surface area contributed by atoms with Gasteiger partial charge in [0, 0.05) is 31.7 Å². The molecule has 1 aromatic carbocycles. The van der Waals surface area contributed by atoms with E-state index in [9.17, 15) is 0 Å². The molecule has 19 heavy (non-hydrogen) atoms. The Morgan fingerprint density at radius 1 is 1.16 bits per heavy atom. The van der Waals surface area contributed by atoms with Gasteiger partial charge in [-0.05, 0) is 30.7 Å². The zero-order valence-electron chi connectivity index (χ0n) is 12.0. The summed E-state index contributed by atoms with van der Waals surface area (Å²) in [6.45, 7) is 5.95. The van der Waals surface area contributed by atoms with E-state index < -0.39 is 0 Å². The van der Waals surface area contributed by atoms with E-state index in [2.05, 4.69) is 47.5 Å². The molecule has 1 aromatic rings. The zero-order valence-corrected chi connectivity index (χ0v) is 12.0. The monoisotopic (exact) mass is 258 g/mol. The summed E-state index contributed by atoms with van der Waals surface area (Å²) < 4.78 is 0. The zero-order chi connectivity index (χ0) is 13.1. The molecular formula is C17H26N2. The maximum absolute atomic E-state index is 3.77. The Bertz CT molecular complexity index is 386. The highest BCUT2D eigenvalue weighted by atomic mass is 15.2. The molecule has 1 saturated carbocycles. The lowest BCUT2D eigenvalue weighted by Gasteiger charge is -2.38. The molecule has 0 spiro atoms. The molecule has 3 rings (SSSR count). The molecule has 1 aliphatic heterocycles. The van der Waals surface area contributed by atoms with Gasteiger partial charge in [0.25, 0.3) is 0 Å².